The van der Waals surface area contributed by atoms with E-state index in [1.807, 2.05) is 0 Å². The molecular weight excluding hydrogens is 2150 g/mol. The molecule has 2 atom stereocenters. The highest BCUT2D eigenvalue weighted by Crippen LogP contribution is 2.77. The molecule has 0 rings (SSSR count). The van der Waals surface area contributed by atoms with Gasteiger partial charge < -0.3 is 0 Å². The molecule has 0 aromatic rings. The van der Waals surface area contributed by atoms with Gasteiger partial charge in [0.05, 0.1) is 0 Å². The summed E-state index contributed by atoms with van der Waals surface area (Å²) in [5.41, 5.74) is 0. The number of ether oxygens (including phenoxy) is 1. The topological polar surface area (TPSA) is 9.23 Å². The van der Waals surface area contributed by atoms with E-state index in [0.29, 0.717) is 0 Å². The molecule has 0 bridgehead atoms. The summed E-state index contributed by atoms with van der Waals surface area (Å²) in [6.45, 7) is 0. The normalized spacial score (nSPS) is 18.5. The number of rotatable bonds is 38. The van der Waals surface area contributed by atoms with Crippen molar-refractivity contribution in [2.45, 2.75) is 250 Å². The molecule has 0 amide bonds. The highest BCUT2D eigenvalue weighted by atomic mass is 19.5. The number of halogens is 86. The van der Waals surface area contributed by atoms with Gasteiger partial charge in [0.25, 0.3) is 0 Å². The second kappa shape index (κ2) is 29.2. The van der Waals surface area contributed by atoms with E-state index in [-0.39, 0.29) is 4.74 Å². The molecule has 0 heterocycles. The lowest BCUT2D eigenvalue weighted by atomic mass is 9.81. The van der Waals surface area contributed by atoms with Crippen molar-refractivity contribution in [2.75, 3.05) is 0 Å². The zero-order valence-electron chi connectivity index (χ0n) is 53.9. The quantitative estimate of drug-likeness (QED) is 0.0560. The van der Waals surface area contributed by atoms with E-state index < -0.39 is 250 Å². The van der Waals surface area contributed by atoms with E-state index >= 15 is 8.78 Å². The van der Waals surface area contributed by atoms with Crippen molar-refractivity contribution in [1.82, 2.24) is 0 Å². The first-order chi connectivity index (χ1) is 53.7. The highest BCUT2D eigenvalue weighted by molar-refractivity contribution is 5.28. The van der Waals surface area contributed by atoms with Crippen LogP contribution in [0.2, 0.25) is 0 Å². The van der Waals surface area contributed by atoms with Gasteiger partial charge in [-0.1, -0.05) is 0 Å². The van der Waals surface area contributed by atoms with Crippen molar-refractivity contribution in [2.24, 2.45) is 0 Å². The van der Waals surface area contributed by atoms with Crippen LogP contribution in [0.1, 0.15) is 0 Å². The Bertz CT molecular complexity index is 3730. The lowest BCUT2D eigenvalue weighted by Gasteiger charge is -2.49. The fourth-order valence-corrected chi connectivity index (χ4v) is 7.86. The maximum absolute atomic E-state index is 15.2. The molecule has 2 unspecified atom stereocenters. The Balaban J connectivity index is 9.01. The third-order valence-corrected chi connectivity index (χ3v) is 15.9. The van der Waals surface area contributed by atoms with Crippen molar-refractivity contribution in [3.05, 3.63) is 0 Å². The summed E-state index contributed by atoms with van der Waals surface area (Å²) in [7, 11) is 0. The largest absolute Gasteiger partial charge is 0.460 e. The first-order valence-electron chi connectivity index (χ1n) is 26.7. The van der Waals surface area contributed by atoms with Crippen molar-refractivity contribution in [1.29, 1.82) is 0 Å². The van der Waals surface area contributed by atoms with Gasteiger partial charge in [-0.2, -0.15) is 378 Å². The van der Waals surface area contributed by atoms with Crippen LogP contribution in [0.4, 0.5) is 378 Å². The van der Waals surface area contributed by atoms with Crippen molar-refractivity contribution < 1.29 is 382 Å². The monoisotopic (exact) mass is 2150 g/mol. The molecule has 0 aliphatic rings. The average Bonchev–Trinajstić information content (AvgIpc) is 0.673. The van der Waals surface area contributed by atoms with Crippen LogP contribution >= 0.6 is 0 Å². The summed E-state index contributed by atoms with van der Waals surface area (Å²) in [5.74, 6) is -424. The summed E-state index contributed by atoms with van der Waals surface area (Å²) in [5, 5.41) is 0. The standard InChI is InChI=1S/C42F86O/c43-1(44,3(47,48)7(55,56)11(63,64)15(71,72)19(79,80)23(87,88)27(95,96)31(103,104)35(111,112)39(117,118)119)5(51,52)9(59,60)13(67,68)17(75,76)21(83,84)25(91,92)29(99,100)33(107,108)37(115,41(123,124)125)129-38(116,42(126,127)128)34(109,110)30(101,102)26(93,94)22(85,86)18(77,78)14(69,70)10(61,62)6(53,54)2(45,46)4(49,50)8(57,58)12(65,66)16(73,74)20(81,82)24(89,90)28(97,98)32(105,106)36(113,114)40(120,121)122. The Hall–Kier alpha value is -6.06. The minimum atomic E-state index is -11.8. The van der Waals surface area contributed by atoms with Crippen LogP contribution in [-0.2, 0) is 4.74 Å². The van der Waals surface area contributed by atoms with Gasteiger partial charge in [-0.25, -0.2) is 0 Å². The minimum Gasteiger partial charge on any atom is -0.284 e. The molecule has 0 aliphatic carbocycles. The van der Waals surface area contributed by atoms with E-state index in [0.717, 1.165) is 0 Å². The minimum absolute atomic E-state index is 0.322. The molecule has 0 aromatic heterocycles. The molecular formula is C42F86O. The SMILES string of the molecule is FC(F)(F)C(F)(F)C(F)(F)C(F)(F)C(F)(F)C(F)(F)C(F)(F)C(F)(F)C(F)(F)C(F)(F)C(F)(F)C(F)(F)C(F)(F)C(F)(F)C(F)(F)C(F)(F)C(F)(F)C(F)(F)C(F)(F)C(F)(OC(F)(C(F)(F)F)C(F)(F)C(F)(F)C(F)(F)C(F)(F)C(F)(F)C(F)(F)C(F)(F)C(F)(F)C(F)(F)C(F)(F)C(F)(F)C(F)(F)C(F)(F)C(F)(F)C(F)(F)C(F)(F)C(F)(F)C(F)(F)C(F)(F)F)C(F)(F)F. The smallest absolute Gasteiger partial charge is 0.284 e. The van der Waals surface area contributed by atoms with Crippen molar-refractivity contribution >= 4 is 0 Å². The average molecular weight is 2150 g/mol. The summed E-state index contributed by atoms with van der Waals surface area (Å²) < 4.78 is 1210. The Morgan fingerprint density at radius 2 is 0.116 bits per heavy atom. The molecule has 0 N–H and O–H groups in total. The Morgan fingerprint density at radius 1 is 0.0620 bits per heavy atom. The summed E-state index contributed by atoms with van der Waals surface area (Å²) in [6, 6.07) is 0. The molecule has 0 aromatic carbocycles. The predicted molar refractivity (Wildman–Crippen MR) is 211 cm³/mol. The first-order valence-corrected chi connectivity index (χ1v) is 26.7. The number of alkyl halides is 86. The number of hydrogen-bond acceptors (Lipinski definition) is 1. The second-order valence-electron chi connectivity index (χ2n) is 24.0. The summed E-state index contributed by atoms with van der Waals surface area (Å²) in [4.78, 5) is 0. The van der Waals surface area contributed by atoms with Crippen LogP contribution in [0.15, 0.2) is 0 Å². The Morgan fingerprint density at radius 3 is 0.171 bits per heavy atom. The van der Waals surface area contributed by atoms with Crippen LogP contribution in [0.25, 0.3) is 0 Å². The van der Waals surface area contributed by atoms with Gasteiger partial charge in [-0.3, -0.25) is 4.74 Å². The molecule has 0 spiro atoms. The van der Waals surface area contributed by atoms with Gasteiger partial charge in [0.2, 0.25) is 0 Å². The van der Waals surface area contributed by atoms with Gasteiger partial charge in [-0.05, 0) is 0 Å². The van der Waals surface area contributed by atoms with Gasteiger partial charge in [0, 0.05) is 0 Å². The molecule has 0 aliphatic heterocycles. The van der Waals surface area contributed by atoms with E-state index in [4.69, 9.17) is 0 Å². The lowest BCUT2D eigenvalue weighted by Crippen LogP contribution is -2.82. The molecule has 129 heavy (non-hydrogen) atoms. The van der Waals surface area contributed by atoms with Crippen LogP contribution in [0.3, 0.4) is 0 Å². The van der Waals surface area contributed by atoms with Crippen LogP contribution in [0, 0.1) is 0 Å². The van der Waals surface area contributed by atoms with E-state index in [9.17, 15) is 369 Å². The van der Waals surface area contributed by atoms with Crippen LogP contribution < -0.4 is 0 Å². The Labute approximate surface area is 633 Å². The molecule has 0 fully saturated rings. The molecule has 1 nitrogen and oxygen atoms in total. The van der Waals surface area contributed by atoms with Crippen LogP contribution in [-0.4, -0.2) is 250 Å². The third kappa shape index (κ3) is 13.5. The maximum atomic E-state index is 15.2. The van der Waals surface area contributed by atoms with E-state index in [2.05, 4.69) is 0 Å². The fourth-order valence-electron chi connectivity index (χ4n) is 7.86. The Kier molecular flexibility index (Phi) is 27.9. The summed E-state index contributed by atoms with van der Waals surface area (Å²) >= 11 is 0. The first kappa shape index (κ1) is 123. The molecule has 0 saturated carbocycles. The highest BCUT2D eigenvalue weighted by Gasteiger charge is 3.09. The van der Waals surface area contributed by atoms with E-state index in [1.54, 1.807) is 0 Å². The lowest BCUT2D eigenvalue weighted by molar-refractivity contribution is -0.546. The number of hydrogen-bond donors (Lipinski definition) is 0. The van der Waals surface area contributed by atoms with Crippen molar-refractivity contribution in [3.8, 4) is 0 Å². The maximum Gasteiger partial charge on any atom is 0.460 e. The van der Waals surface area contributed by atoms with Gasteiger partial charge >= 0.3 is 250 Å². The van der Waals surface area contributed by atoms with Crippen LogP contribution in [0.5, 0.6) is 0 Å². The van der Waals surface area contributed by atoms with Gasteiger partial charge in [0.1, 0.15) is 0 Å². The zero-order valence-corrected chi connectivity index (χ0v) is 53.9. The molecule has 776 valence electrons. The van der Waals surface area contributed by atoms with Gasteiger partial charge in [-0.15, -0.1) is 0 Å². The van der Waals surface area contributed by atoms with Gasteiger partial charge in [0.15, 0.2) is 0 Å². The predicted octanol–water partition coefficient (Wildman–Crippen LogP) is 27.5. The van der Waals surface area contributed by atoms with E-state index in [1.165, 1.54) is 0 Å². The summed E-state index contributed by atoms with van der Waals surface area (Å²) in [6.07, 6.45) is -39.3. The zero-order chi connectivity index (χ0) is 108. The van der Waals surface area contributed by atoms with Crippen molar-refractivity contribution in [3.63, 3.8) is 0 Å². The molecule has 0 saturated heterocycles. The fraction of sp³-hybridized carbons (Fsp3) is 1.00. The second-order valence-corrected chi connectivity index (χ2v) is 24.0. The molecule has 87 heteroatoms. The third-order valence-electron chi connectivity index (χ3n) is 15.9. The molecule has 0 radical (unpaired) electrons.